The molecule has 0 radical (unpaired) electrons. The maximum Gasteiger partial charge on any atom is 0.308 e. The lowest BCUT2D eigenvalue weighted by Gasteiger charge is -2.23. The SMILES string of the molecule is CCOc1ccc(C(=O)[C@@H](C)OC(=O)C[C@@H]2Sc3ccccc3NC2=O)cc1. The second-order valence-electron chi connectivity index (χ2n) is 6.25. The van der Waals surface area contributed by atoms with Crippen molar-refractivity contribution in [2.45, 2.75) is 36.5 Å². The molecule has 2 aromatic rings. The zero-order chi connectivity index (χ0) is 20.1. The molecule has 2 aromatic carbocycles. The zero-order valence-corrected chi connectivity index (χ0v) is 16.5. The molecule has 1 N–H and O–H groups in total. The summed E-state index contributed by atoms with van der Waals surface area (Å²) in [6, 6.07) is 14.1. The highest BCUT2D eigenvalue weighted by molar-refractivity contribution is 8.01. The van der Waals surface area contributed by atoms with Gasteiger partial charge in [-0.3, -0.25) is 14.4 Å². The highest BCUT2D eigenvalue weighted by Gasteiger charge is 2.30. The minimum atomic E-state index is -0.936. The summed E-state index contributed by atoms with van der Waals surface area (Å²) in [6.07, 6.45) is -1.04. The van der Waals surface area contributed by atoms with Crippen LogP contribution in [-0.4, -0.2) is 35.6 Å². The molecule has 0 bridgehead atoms. The van der Waals surface area contributed by atoms with Crippen molar-refractivity contribution in [1.82, 2.24) is 0 Å². The third kappa shape index (κ3) is 4.72. The summed E-state index contributed by atoms with van der Waals surface area (Å²) in [6.45, 7) is 3.95. The lowest BCUT2D eigenvalue weighted by molar-refractivity contribution is -0.147. The summed E-state index contributed by atoms with van der Waals surface area (Å²) in [5.41, 5.74) is 1.17. The second-order valence-corrected chi connectivity index (χ2v) is 7.49. The van der Waals surface area contributed by atoms with Gasteiger partial charge in [0.1, 0.15) is 5.75 Å². The Hall–Kier alpha value is -2.80. The van der Waals surface area contributed by atoms with Gasteiger partial charge in [0.05, 0.1) is 24.0 Å². The van der Waals surface area contributed by atoms with Gasteiger partial charge in [-0.25, -0.2) is 0 Å². The number of fused-ring (bicyclic) bond motifs is 1. The first-order valence-corrected chi connectivity index (χ1v) is 9.89. The summed E-state index contributed by atoms with van der Waals surface area (Å²) in [5, 5.41) is 2.20. The molecule has 7 heteroatoms. The van der Waals surface area contributed by atoms with E-state index in [0.29, 0.717) is 17.9 Å². The summed E-state index contributed by atoms with van der Waals surface area (Å²) in [7, 11) is 0. The molecule has 2 atom stereocenters. The Balaban J connectivity index is 1.57. The highest BCUT2D eigenvalue weighted by atomic mass is 32.2. The van der Waals surface area contributed by atoms with Gasteiger partial charge >= 0.3 is 5.97 Å². The molecule has 146 valence electrons. The topological polar surface area (TPSA) is 81.7 Å². The molecule has 3 rings (SSSR count). The predicted molar refractivity (Wildman–Crippen MR) is 107 cm³/mol. The van der Waals surface area contributed by atoms with E-state index in [1.807, 2.05) is 31.2 Å². The van der Waals surface area contributed by atoms with Crippen LogP contribution in [0.3, 0.4) is 0 Å². The quantitative estimate of drug-likeness (QED) is 0.565. The Morgan fingerprint density at radius 2 is 1.86 bits per heavy atom. The second kappa shape index (κ2) is 8.93. The van der Waals surface area contributed by atoms with Crippen molar-refractivity contribution in [1.29, 1.82) is 0 Å². The molecule has 0 saturated heterocycles. The van der Waals surface area contributed by atoms with Gasteiger partial charge in [0, 0.05) is 10.5 Å². The number of para-hydroxylation sites is 1. The van der Waals surface area contributed by atoms with Crippen molar-refractivity contribution in [3.05, 3.63) is 54.1 Å². The smallest absolute Gasteiger partial charge is 0.308 e. The minimum absolute atomic E-state index is 0.105. The Morgan fingerprint density at radius 3 is 2.57 bits per heavy atom. The van der Waals surface area contributed by atoms with Gasteiger partial charge in [-0.05, 0) is 50.2 Å². The first-order valence-electron chi connectivity index (χ1n) is 9.01. The molecule has 0 fully saturated rings. The van der Waals surface area contributed by atoms with Crippen LogP contribution in [-0.2, 0) is 14.3 Å². The molecule has 1 aliphatic heterocycles. The Kier molecular flexibility index (Phi) is 6.36. The van der Waals surface area contributed by atoms with Crippen molar-refractivity contribution in [3.63, 3.8) is 0 Å². The number of rotatable bonds is 7. The molecule has 1 amide bonds. The maximum absolute atomic E-state index is 12.5. The van der Waals surface area contributed by atoms with Gasteiger partial charge < -0.3 is 14.8 Å². The van der Waals surface area contributed by atoms with Crippen LogP contribution in [0.4, 0.5) is 5.69 Å². The summed E-state index contributed by atoms with van der Waals surface area (Å²) in [4.78, 5) is 37.8. The van der Waals surface area contributed by atoms with Crippen LogP contribution < -0.4 is 10.1 Å². The number of benzene rings is 2. The van der Waals surface area contributed by atoms with Gasteiger partial charge in [0.25, 0.3) is 0 Å². The van der Waals surface area contributed by atoms with Crippen LogP contribution in [0.2, 0.25) is 0 Å². The van der Waals surface area contributed by atoms with Gasteiger partial charge in [-0.1, -0.05) is 12.1 Å². The van der Waals surface area contributed by atoms with E-state index < -0.39 is 17.3 Å². The third-order valence-electron chi connectivity index (χ3n) is 4.19. The molecule has 1 aliphatic rings. The first kappa shape index (κ1) is 19.9. The molecule has 6 nitrogen and oxygen atoms in total. The standard InChI is InChI=1S/C21H21NO5S/c1-3-26-15-10-8-14(9-11-15)20(24)13(2)27-19(23)12-18-21(25)22-16-6-4-5-7-17(16)28-18/h4-11,13,18H,3,12H2,1-2H3,(H,22,25)/t13-,18+/m1/s1. The Morgan fingerprint density at radius 1 is 1.14 bits per heavy atom. The molecule has 0 unspecified atom stereocenters. The summed E-state index contributed by atoms with van der Waals surface area (Å²) in [5.74, 6) is -0.461. The number of hydrogen-bond donors (Lipinski definition) is 1. The summed E-state index contributed by atoms with van der Waals surface area (Å²) < 4.78 is 10.6. The van der Waals surface area contributed by atoms with Gasteiger partial charge in [-0.15, -0.1) is 11.8 Å². The highest BCUT2D eigenvalue weighted by Crippen LogP contribution is 2.36. The van der Waals surface area contributed by atoms with E-state index >= 15 is 0 Å². The van der Waals surface area contributed by atoms with Gasteiger partial charge in [0.2, 0.25) is 11.7 Å². The Bertz CT molecular complexity index is 881. The van der Waals surface area contributed by atoms with Gasteiger partial charge in [0.15, 0.2) is 6.10 Å². The largest absolute Gasteiger partial charge is 0.494 e. The van der Waals surface area contributed by atoms with E-state index in [-0.39, 0.29) is 18.1 Å². The fraction of sp³-hybridized carbons (Fsp3) is 0.286. The van der Waals surface area contributed by atoms with E-state index in [2.05, 4.69) is 5.32 Å². The monoisotopic (exact) mass is 399 g/mol. The lowest BCUT2D eigenvalue weighted by Crippen LogP contribution is -2.33. The van der Waals surface area contributed by atoms with E-state index in [1.165, 1.54) is 18.7 Å². The van der Waals surface area contributed by atoms with Crippen LogP contribution in [0.25, 0.3) is 0 Å². The number of Topliss-reactive ketones (excluding diaryl/α,β-unsaturated/α-hetero) is 1. The zero-order valence-electron chi connectivity index (χ0n) is 15.6. The van der Waals surface area contributed by atoms with Crippen molar-refractivity contribution in [2.24, 2.45) is 0 Å². The summed E-state index contributed by atoms with van der Waals surface area (Å²) >= 11 is 1.32. The van der Waals surface area contributed by atoms with Crippen molar-refractivity contribution >= 4 is 35.1 Å². The molecular weight excluding hydrogens is 378 g/mol. The number of ketones is 1. The number of hydrogen-bond acceptors (Lipinski definition) is 6. The van der Waals surface area contributed by atoms with Crippen LogP contribution in [0.5, 0.6) is 5.75 Å². The average Bonchev–Trinajstić information content (AvgIpc) is 2.68. The minimum Gasteiger partial charge on any atom is -0.494 e. The number of esters is 1. The molecule has 1 heterocycles. The van der Waals surface area contributed by atoms with Crippen LogP contribution in [0.15, 0.2) is 53.4 Å². The van der Waals surface area contributed by atoms with E-state index in [1.54, 1.807) is 24.3 Å². The maximum atomic E-state index is 12.5. The van der Waals surface area contributed by atoms with Crippen molar-refractivity contribution < 1.29 is 23.9 Å². The molecular formula is C21H21NO5S. The Labute approximate surface area is 167 Å². The number of thioether (sulfide) groups is 1. The third-order valence-corrected chi connectivity index (χ3v) is 5.46. The average molecular weight is 399 g/mol. The number of anilines is 1. The normalized spacial score (nSPS) is 16.5. The fourth-order valence-electron chi connectivity index (χ4n) is 2.79. The first-order chi connectivity index (χ1) is 13.5. The molecule has 28 heavy (non-hydrogen) atoms. The van der Waals surface area contributed by atoms with Gasteiger partial charge in [-0.2, -0.15) is 0 Å². The van der Waals surface area contributed by atoms with E-state index in [0.717, 1.165) is 10.6 Å². The van der Waals surface area contributed by atoms with Crippen LogP contribution >= 0.6 is 11.8 Å². The van der Waals surface area contributed by atoms with Crippen molar-refractivity contribution in [3.8, 4) is 5.75 Å². The van der Waals surface area contributed by atoms with Crippen molar-refractivity contribution in [2.75, 3.05) is 11.9 Å². The number of ether oxygens (including phenoxy) is 2. The van der Waals surface area contributed by atoms with E-state index in [9.17, 15) is 14.4 Å². The van der Waals surface area contributed by atoms with Crippen LogP contribution in [0, 0.1) is 0 Å². The number of carbonyl (C=O) groups excluding carboxylic acids is 3. The molecule has 0 spiro atoms. The molecule has 0 aromatic heterocycles. The van der Waals surface area contributed by atoms with E-state index in [4.69, 9.17) is 9.47 Å². The number of carbonyl (C=O) groups is 3. The number of nitrogens with one attached hydrogen (secondary N) is 1. The number of amides is 1. The predicted octanol–water partition coefficient (Wildman–Crippen LogP) is 3.70. The van der Waals surface area contributed by atoms with Crippen LogP contribution in [0.1, 0.15) is 30.6 Å². The molecule has 0 aliphatic carbocycles. The fourth-order valence-corrected chi connectivity index (χ4v) is 3.89. The molecule has 0 saturated carbocycles. The lowest BCUT2D eigenvalue weighted by atomic mass is 10.1.